The van der Waals surface area contributed by atoms with E-state index in [0.717, 1.165) is 5.56 Å². The van der Waals surface area contributed by atoms with Crippen LogP contribution in [-0.2, 0) is 11.3 Å². The minimum atomic E-state index is -1.20. The number of benzene rings is 3. The normalized spacial score (nSPS) is 12.6. The van der Waals surface area contributed by atoms with E-state index in [2.05, 4.69) is 5.32 Å². The summed E-state index contributed by atoms with van der Waals surface area (Å²) in [7, 11) is 0. The van der Waals surface area contributed by atoms with Gasteiger partial charge in [-0.15, -0.1) is 0 Å². The molecule has 0 fully saturated rings. The van der Waals surface area contributed by atoms with Crippen LogP contribution in [0.2, 0.25) is 0 Å². The van der Waals surface area contributed by atoms with E-state index in [1.54, 1.807) is 36.4 Å². The van der Waals surface area contributed by atoms with E-state index in [-0.39, 0.29) is 37.0 Å². The van der Waals surface area contributed by atoms with Crippen molar-refractivity contribution >= 4 is 23.3 Å². The van der Waals surface area contributed by atoms with Crippen molar-refractivity contribution in [3.63, 3.8) is 0 Å². The van der Waals surface area contributed by atoms with Crippen LogP contribution in [0, 0.1) is 5.82 Å². The van der Waals surface area contributed by atoms with E-state index in [9.17, 15) is 29.0 Å². The molecule has 0 aliphatic carbocycles. The highest BCUT2D eigenvalue weighted by atomic mass is 19.1. The number of halogens is 1. The molecule has 0 spiro atoms. The Kier molecular flexibility index (Phi) is 10.5. The first kappa shape index (κ1) is 32.3. The number of nitrogens with zero attached hydrogens (tertiary/aromatic N) is 1. The molecular weight excluding hydrogens is 563 g/mol. The predicted molar refractivity (Wildman–Crippen MR) is 167 cm³/mol. The number of nitrogens with one attached hydrogen (secondary N) is 1. The van der Waals surface area contributed by atoms with Gasteiger partial charge in [0.15, 0.2) is 5.78 Å². The van der Waals surface area contributed by atoms with Crippen LogP contribution >= 0.6 is 0 Å². The maximum absolute atomic E-state index is 14.2. The second-order valence-electron chi connectivity index (χ2n) is 11.2. The molecule has 0 aliphatic rings. The molecule has 8 nitrogen and oxygen atoms in total. The SMILES string of the molecule is CC(=O)c1ccc(NC(=O)c2c(-c3ccccc3)c(-c3ccc(F)cc3)n(CC[C@@H](O)C[C@@H](O)CC(=O)O)c2C(C)C)cc1. The summed E-state index contributed by atoms with van der Waals surface area (Å²) >= 11 is 0. The average Bonchev–Trinajstić information content (AvgIpc) is 3.32. The molecule has 230 valence electrons. The summed E-state index contributed by atoms with van der Waals surface area (Å²) in [4.78, 5) is 37.0. The van der Waals surface area contributed by atoms with Gasteiger partial charge < -0.3 is 25.2 Å². The van der Waals surface area contributed by atoms with Crippen LogP contribution in [0.1, 0.15) is 72.4 Å². The minimum absolute atomic E-state index is 0.0879. The molecule has 0 aliphatic heterocycles. The van der Waals surface area contributed by atoms with Crippen molar-refractivity contribution in [1.29, 1.82) is 0 Å². The lowest BCUT2D eigenvalue weighted by Crippen LogP contribution is -2.22. The molecule has 0 bridgehead atoms. The molecular formula is C35H37FN2O6. The first-order valence-electron chi connectivity index (χ1n) is 14.5. The molecule has 1 heterocycles. The van der Waals surface area contributed by atoms with Crippen LogP contribution in [0.15, 0.2) is 78.9 Å². The highest BCUT2D eigenvalue weighted by Gasteiger charge is 2.31. The summed E-state index contributed by atoms with van der Waals surface area (Å²) in [5, 5.41) is 32.8. The van der Waals surface area contributed by atoms with Gasteiger partial charge in [-0.1, -0.05) is 44.2 Å². The molecule has 44 heavy (non-hydrogen) atoms. The van der Waals surface area contributed by atoms with Gasteiger partial charge in [-0.2, -0.15) is 0 Å². The Hall–Kier alpha value is -4.60. The molecule has 1 amide bonds. The number of aliphatic hydroxyl groups excluding tert-OH is 2. The van der Waals surface area contributed by atoms with Crippen molar-refractivity contribution in [2.75, 3.05) is 5.32 Å². The Morgan fingerprint density at radius 2 is 1.50 bits per heavy atom. The van der Waals surface area contributed by atoms with Crippen molar-refractivity contribution in [2.24, 2.45) is 0 Å². The maximum atomic E-state index is 14.2. The number of hydrogen-bond acceptors (Lipinski definition) is 5. The van der Waals surface area contributed by atoms with Crippen molar-refractivity contribution in [3.05, 3.63) is 102 Å². The molecule has 0 saturated carbocycles. The molecule has 3 aromatic carbocycles. The van der Waals surface area contributed by atoms with Crippen LogP contribution in [-0.4, -0.2) is 49.8 Å². The Morgan fingerprint density at radius 3 is 2.07 bits per heavy atom. The fraction of sp³-hybridized carbons (Fsp3) is 0.286. The fourth-order valence-corrected chi connectivity index (χ4v) is 5.47. The Balaban J connectivity index is 1.88. The lowest BCUT2D eigenvalue weighted by Gasteiger charge is -2.20. The van der Waals surface area contributed by atoms with E-state index in [4.69, 9.17) is 5.11 Å². The number of carboxylic acid groups (broad SMARTS) is 1. The van der Waals surface area contributed by atoms with Gasteiger partial charge in [-0.3, -0.25) is 14.4 Å². The zero-order valence-electron chi connectivity index (χ0n) is 25.0. The largest absolute Gasteiger partial charge is 0.481 e. The van der Waals surface area contributed by atoms with E-state index in [1.807, 2.05) is 48.7 Å². The minimum Gasteiger partial charge on any atom is -0.481 e. The molecule has 4 rings (SSSR count). The van der Waals surface area contributed by atoms with Gasteiger partial charge >= 0.3 is 5.97 Å². The molecule has 9 heteroatoms. The van der Waals surface area contributed by atoms with Gasteiger partial charge in [0.2, 0.25) is 0 Å². The lowest BCUT2D eigenvalue weighted by atomic mass is 9.94. The summed E-state index contributed by atoms with van der Waals surface area (Å²) in [6, 6.07) is 22.0. The topological polar surface area (TPSA) is 129 Å². The monoisotopic (exact) mass is 600 g/mol. The van der Waals surface area contributed by atoms with Crippen LogP contribution < -0.4 is 5.32 Å². The molecule has 4 aromatic rings. The maximum Gasteiger partial charge on any atom is 0.305 e. The van der Waals surface area contributed by atoms with Gasteiger partial charge in [0, 0.05) is 29.1 Å². The highest BCUT2D eigenvalue weighted by Crippen LogP contribution is 2.42. The van der Waals surface area contributed by atoms with Gasteiger partial charge in [0.1, 0.15) is 5.82 Å². The number of Topliss-reactive ketones (excluding diaryl/α,β-unsaturated/α-hetero) is 1. The number of carboxylic acids is 1. The summed E-state index contributed by atoms with van der Waals surface area (Å²) in [5.74, 6) is -2.19. The number of amides is 1. The van der Waals surface area contributed by atoms with Crippen molar-refractivity contribution in [3.8, 4) is 22.4 Å². The summed E-state index contributed by atoms with van der Waals surface area (Å²) < 4.78 is 16.0. The van der Waals surface area contributed by atoms with Crippen LogP contribution in [0.3, 0.4) is 0 Å². The van der Waals surface area contributed by atoms with Crippen molar-refractivity contribution in [2.45, 2.75) is 64.7 Å². The molecule has 0 radical (unpaired) electrons. The van der Waals surface area contributed by atoms with E-state index < -0.39 is 30.4 Å². The molecule has 1 aromatic heterocycles. The fourth-order valence-electron chi connectivity index (χ4n) is 5.47. The zero-order valence-corrected chi connectivity index (χ0v) is 25.0. The van der Waals surface area contributed by atoms with Gasteiger partial charge in [0.05, 0.1) is 29.9 Å². The number of carbonyl (C=O) groups excluding carboxylic acids is 2. The number of aliphatic hydroxyl groups is 2. The zero-order chi connectivity index (χ0) is 32.0. The third-order valence-electron chi connectivity index (χ3n) is 7.45. The molecule has 2 atom stereocenters. The first-order valence-corrected chi connectivity index (χ1v) is 14.5. The van der Waals surface area contributed by atoms with Crippen molar-refractivity contribution in [1.82, 2.24) is 4.57 Å². The van der Waals surface area contributed by atoms with Gasteiger partial charge in [0.25, 0.3) is 5.91 Å². The van der Waals surface area contributed by atoms with E-state index >= 15 is 0 Å². The van der Waals surface area contributed by atoms with Crippen LogP contribution in [0.25, 0.3) is 22.4 Å². The lowest BCUT2D eigenvalue weighted by molar-refractivity contribution is -0.139. The number of anilines is 1. The third-order valence-corrected chi connectivity index (χ3v) is 7.45. The second-order valence-corrected chi connectivity index (χ2v) is 11.2. The Morgan fingerprint density at radius 1 is 0.864 bits per heavy atom. The Bertz CT molecular complexity index is 1610. The predicted octanol–water partition coefficient (Wildman–Crippen LogP) is 6.52. The average molecular weight is 601 g/mol. The summed E-state index contributed by atoms with van der Waals surface area (Å²) in [6.45, 7) is 5.63. The molecule has 4 N–H and O–H groups in total. The smallest absolute Gasteiger partial charge is 0.305 e. The van der Waals surface area contributed by atoms with Crippen molar-refractivity contribution < 1.29 is 34.1 Å². The first-order chi connectivity index (χ1) is 21.0. The highest BCUT2D eigenvalue weighted by molar-refractivity contribution is 6.12. The number of ketones is 1. The number of carbonyl (C=O) groups is 3. The second kappa shape index (κ2) is 14.2. The number of rotatable bonds is 13. The quantitative estimate of drug-likeness (QED) is 0.129. The third kappa shape index (κ3) is 7.67. The molecule has 0 unspecified atom stereocenters. The summed E-state index contributed by atoms with van der Waals surface area (Å²) in [6.07, 6.45) is -2.64. The van der Waals surface area contributed by atoms with E-state index in [0.29, 0.717) is 39.3 Å². The van der Waals surface area contributed by atoms with Crippen LogP contribution in [0.4, 0.5) is 10.1 Å². The standard InChI is InChI=1S/C35H37FN2O6/c1-21(2)33-32(35(44)37-27-15-11-23(12-16-27)22(3)39)31(24-7-5-4-6-8-24)34(25-9-13-26(36)14-10-25)38(33)18-17-28(40)19-29(41)20-30(42)43/h4-16,21,28-29,40-41H,17-20H2,1-3H3,(H,37,44)(H,42,43)/t28-,29-/m1/s1. The summed E-state index contributed by atoms with van der Waals surface area (Å²) in [5.41, 5.74) is 4.87. The number of aromatic nitrogens is 1. The van der Waals surface area contributed by atoms with Crippen LogP contribution in [0.5, 0.6) is 0 Å². The molecule has 0 saturated heterocycles. The number of aliphatic carboxylic acids is 1. The van der Waals surface area contributed by atoms with E-state index in [1.165, 1.54) is 19.1 Å². The van der Waals surface area contributed by atoms with Gasteiger partial charge in [-0.05, 0) is 85.3 Å². The Labute approximate surface area is 255 Å². The number of hydrogen-bond donors (Lipinski definition) is 4. The van der Waals surface area contributed by atoms with Gasteiger partial charge in [-0.25, -0.2) is 4.39 Å².